The quantitative estimate of drug-likeness (QED) is 0.526. The monoisotopic (exact) mass is 478 g/mol. The molecule has 9 rings (SSSR count). The van der Waals surface area contributed by atoms with Gasteiger partial charge in [0.05, 0.1) is 11.3 Å². The van der Waals surface area contributed by atoms with Crippen molar-refractivity contribution in [2.45, 2.75) is 93.0 Å². The Balaban J connectivity index is 1.01. The minimum absolute atomic E-state index is 0.0134. The van der Waals surface area contributed by atoms with Gasteiger partial charge in [-0.3, -0.25) is 9.59 Å². The van der Waals surface area contributed by atoms with Gasteiger partial charge in [-0.15, -0.1) is 11.8 Å². The maximum Gasteiger partial charge on any atom is 0.252 e. The molecule has 8 aliphatic carbocycles. The molecule has 1 aromatic rings. The SMILES string of the molecule is O=C(CSc1ccccc1C(=O)NC12CC3CC(CC(C3)C1)C2)NC12CC3CC(CC(C3)C1)C2. The Morgan fingerprint density at radius 2 is 1.15 bits per heavy atom. The second-order valence-corrected chi connectivity index (χ2v) is 14.2. The zero-order valence-corrected chi connectivity index (χ0v) is 21.0. The van der Waals surface area contributed by atoms with Crippen molar-refractivity contribution in [2.24, 2.45) is 35.5 Å². The molecule has 0 spiro atoms. The van der Waals surface area contributed by atoms with E-state index in [0.717, 1.165) is 65.2 Å². The number of nitrogens with one attached hydrogen (secondary N) is 2. The molecule has 0 aliphatic heterocycles. The summed E-state index contributed by atoms with van der Waals surface area (Å²) in [6.45, 7) is 0. The normalized spacial score (nSPS) is 43.2. The van der Waals surface area contributed by atoms with Crippen LogP contribution < -0.4 is 10.6 Å². The van der Waals surface area contributed by atoms with Crippen LogP contribution in [0.15, 0.2) is 29.2 Å². The highest BCUT2D eigenvalue weighted by molar-refractivity contribution is 8.00. The molecule has 1 aromatic carbocycles. The lowest BCUT2D eigenvalue weighted by Gasteiger charge is -2.57. The molecule has 4 nitrogen and oxygen atoms in total. The molecular weight excluding hydrogens is 440 g/mol. The third-order valence-electron chi connectivity index (χ3n) is 10.4. The summed E-state index contributed by atoms with van der Waals surface area (Å²) in [5, 5.41) is 7.01. The van der Waals surface area contributed by atoms with E-state index >= 15 is 0 Å². The van der Waals surface area contributed by atoms with Crippen molar-refractivity contribution >= 4 is 23.6 Å². The smallest absolute Gasteiger partial charge is 0.252 e. The van der Waals surface area contributed by atoms with Crippen molar-refractivity contribution in [3.8, 4) is 0 Å². The standard InChI is InChI=1S/C29H38N2O2S/c32-26(30-28-11-18-5-19(12-28)7-20(6-18)13-28)17-34-25-4-2-1-3-24(25)27(33)31-29-14-21-8-22(15-29)10-23(9-21)16-29/h1-4,18-23H,5-17H2,(H,30,32)(H,31,33). The van der Waals surface area contributed by atoms with Gasteiger partial charge in [-0.1, -0.05) is 12.1 Å². The van der Waals surface area contributed by atoms with Crippen LogP contribution in [-0.4, -0.2) is 28.6 Å². The van der Waals surface area contributed by atoms with Crippen molar-refractivity contribution < 1.29 is 9.59 Å². The summed E-state index contributed by atoms with van der Waals surface area (Å²) in [6.07, 6.45) is 15.3. The van der Waals surface area contributed by atoms with Crippen molar-refractivity contribution in [1.82, 2.24) is 10.6 Å². The summed E-state index contributed by atoms with van der Waals surface area (Å²) in [6, 6.07) is 7.89. The minimum atomic E-state index is 0.0134. The molecule has 8 saturated carbocycles. The van der Waals surface area contributed by atoms with Crippen LogP contribution >= 0.6 is 11.8 Å². The van der Waals surface area contributed by atoms with Gasteiger partial charge in [-0.25, -0.2) is 0 Å². The van der Waals surface area contributed by atoms with E-state index in [1.165, 1.54) is 69.5 Å². The molecule has 8 aliphatic rings. The third kappa shape index (κ3) is 3.90. The van der Waals surface area contributed by atoms with Gasteiger partial charge in [0.15, 0.2) is 0 Å². The van der Waals surface area contributed by atoms with Crippen LogP contribution in [-0.2, 0) is 4.79 Å². The van der Waals surface area contributed by atoms with E-state index in [-0.39, 0.29) is 22.9 Å². The highest BCUT2D eigenvalue weighted by atomic mass is 32.2. The summed E-state index contributed by atoms with van der Waals surface area (Å²) in [7, 11) is 0. The summed E-state index contributed by atoms with van der Waals surface area (Å²) < 4.78 is 0. The van der Waals surface area contributed by atoms with Gasteiger partial charge < -0.3 is 10.6 Å². The van der Waals surface area contributed by atoms with E-state index in [9.17, 15) is 9.59 Å². The topological polar surface area (TPSA) is 58.2 Å². The van der Waals surface area contributed by atoms with E-state index in [1.807, 2.05) is 24.3 Å². The van der Waals surface area contributed by atoms with Crippen LogP contribution in [0.2, 0.25) is 0 Å². The fourth-order valence-corrected chi connectivity index (χ4v) is 10.9. The first-order valence-electron chi connectivity index (χ1n) is 13.8. The van der Waals surface area contributed by atoms with Crippen molar-refractivity contribution in [1.29, 1.82) is 0 Å². The van der Waals surface area contributed by atoms with E-state index in [1.54, 1.807) is 0 Å². The van der Waals surface area contributed by atoms with Crippen molar-refractivity contribution in [3.63, 3.8) is 0 Å². The Kier molecular flexibility index (Phi) is 5.13. The average Bonchev–Trinajstić information content (AvgIpc) is 2.75. The summed E-state index contributed by atoms with van der Waals surface area (Å²) in [5.41, 5.74) is 0.812. The number of amides is 2. The molecule has 2 N–H and O–H groups in total. The van der Waals surface area contributed by atoms with E-state index in [4.69, 9.17) is 0 Å². The molecule has 5 heteroatoms. The summed E-state index contributed by atoms with van der Waals surface area (Å²) in [5.74, 6) is 5.51. The van der Waals surface area contributed by atoms with E-state index in [2.05, 4.69) is 10.6 Å². The minimum Gasteiger partial charge on any atom is -0.350 e. The zero-order chi connectivity index (χ0) is 22.9. The lowest BCUT2D eigenvalue weighted by Crippen LogP contribution is -2.60. The van der Waals surface area contributed by atoms with Gasteiger partial charge >= 0.3 is 0 Å². The Hall–Kier alpha value is -1.49. The molecule has 0 atom stereocenters. The predicted molar refractivity (Wildman–Crippen MR) is 135 cm³/mol. The van der Waals surface area contributed by atoms with E-state index < -0.39 is 0 Å². The van der Waals surface area contributed by atoms with Crippen LogP contribution in [0.25, 0.3) is 0 Å². The fraction of sp³-hybridized carbons (Fsp3) is 0.724. The number of thioether (sulfide) groups is 1. The molecule has 2 amide bonds. The molecular formula is C29H38N2O2S. The maximum absolute atomic E-state index is 13.5. The molecule has 0 saturated heterocycles. The van der Waals surface area contributed by atoms with Gasteiger partial charge in [0.1, 0.15) is 0 Å². The van der Waals surface area contributed by atoms with E-state index in [0.29, 0.717) is 5.75 Å². The maximum atomic E-state index is 13.5. The lowest BCUT2D eigenvalue weighted by molar-refractivity contribution is -0.124. The molecule has 182 valence electrons. The first-order chi connectivity index (χ1) is 16.4. The van der Waals surface area contributed by atoms with Gasteiger partial charge in [0.25, 0.3) is 5.91 Å². The Morgan fingerprint density at radius 3 is 1.65 bits per heavy atom. The Labute approximate surface area is 207 Å². The number of rotatable bonds is 6. The molecule has 8 bridgehead atoms. The number of carbonyl (C=O) groups is 2. The second kappa shape index (κ2) is 8.01. The third-order valence-corrected chi connectivity index (χ3v) is 11.4. The zero-order valence-electron chi connectivity index (χ0n) is 20.2. The predicted octanol–water partition coefficient (Wildman–Crippen LogP) is 5.56. The number of benzene rings is 1. The first-order valence-corrected chi connectivity index (χ1v) is 14.8. The lowest BCUT2D eigenvalue weighted by atomic mass is 9.53. The van der Waals surface area contributed by atoms with Gasteiger partial charge in [0.2, 0.25) is 5.91 Å². The molecule has 0 heterocycles. The molecule has 0 radical (unpaired) electrons. The molecule has 0 unspecified atom stereocenters. The van der Waals surface area contributed by atoms with Crippen LogP contribution in [0.5, 0.6) is 0 Å². The average molecular weight is 479 g/mol. The Morgan fingerprint density at radius 1 is 0.706 bits per heavy atom. The van der Waals surface area contributed by atoms with Crippen LogP contribution in [0, 0.1) is 35.5 Å². The van der Waals surface area contributed by atoms with Gasteiger partial charge in [-0.2, -0.15) is 0 Å². The molecule has 0 aromatic heterocycles. The highest BCUT2D eigenvalue weighted by Crippen LogP contribution is 2.56. The van der Waals surface area contributed by atoms with Crippen molar-refractivity contribution in [2.75, 3.05) is 5.75 Å². The Bertz CT molecular complexity index is 933. The van der Waals surface area contributed by atoms with Gasteiger partial charge in [-0.05, 0) is 125 Å². The molecule has 34 heavy (non-hydrogen) atoms. The summed E-state index contributed by atoms with van der Waals surface area (Å²) >= 11 is 1.53. The number of carbonyl (C=O) groups excluding carboxylic acids is 2. The van der Waals surface area contributed by atoms with Crippen LogP contribution in [0.3, 0.4) is 0 Å². The first kappa shape index (κ1) is 21.8. The number of hydrogen-bond donors (Lipinski definition) is 2. The van der Waals surface area contributed by atoms with Crippen LogP contribution in [0.4, 0.5) is 0 Å². The van der Waals surface area contributed by atoms with Gasteiger partial charge in [0, 0.05) is 16.0 Å². The largest absolute Gasteiger partial charge is 0.350 e. The van der Waals surface area contributed by atoms with Crippen LogP contribution in [0.1, 0.15) is 87.4 Å². The number of hydrogen-bond acceptors (Lipinski definition) is 3. The van der Waals surface area contributed by atoms with Crippen molar-refractivity contribution in [3.05, 3.63) is 29.8 Å². The summed E-state index contributed by atoms with van der Waals surface area (Å²) in [4.78, 5) is 27.5. The second-order valence-electron chi connectivity index (χ2n) is 13.2. The molecule has 8 fully saturated rings. The highest BCUT2D eigenvalue weighted by Gasteiger charge is 2.52. The fourth-order valence-electron chi connectivity index (χ4n) is 10.1.